The summed E-state index contributed by atoms with van der Waals surface area (Å²) in [5.41, 5.74) is 2.71. The van der Waals surface area contributed by atoms with Crippen molar-refractivity contribution in [2.24, 2.45) is 0 Å². The summed E-state index contributed by atoms with van der Waals surface area (Å²) in [5.74, 6) is 1.51. The van der Waals surface area contributed by atoms with Crippen molar-refractivity contribution in [2.75, 3.05) is 32.2 Å². The van der Waals surface area contributed by atoms with E-state index in [1.807, 2.05) is 59.5 Å². The third-order valence-corrected chi connectivity index (χ3v) is 5.81. The number of likely N-dealkylation sites (tertiary alicyclic amines) is 1. The fourth-order valence-electron chi connectivity index (χ4n) is 4.09. The van der Waals surface area contributed by atoms with Crippen molar-refractivity contribution in [1.82, 2.24) is 4.90 Å². The summed E-state index contributed by atoms with van der Waals surface area (Å²) in [7, 11) is 3.27. The third-order valence-electron chi connectivity index (χ3n) is 5.81. The van der Waals surface area contributed by atoms with Crippen LogP contribution < -0.4 is 14.4 Å². The molecule has 6 heteroatoms. The summed E-state index contributed by atoms with van der Waals surface area (Å²) in [4.78, 5) is 17.9. The Labute approximate surface area is 183 Å². The van der Waals surface area contributed by atoms with Crippen molar-refractivity contribution in [1.29, 1.82) is 0 Å². The fourth-order valence-corrected chi connectivity index (χ4v) is 4.09. The van der Waals surface area contributed by atoms with Gasteiger partial charge in [0.2, 0.25) is 0 Å². The topological polar surface area (TPSA) is 55.1 Å². The largest absolute Gasteiger partial charge is 0.497 e. The zero-order valence-electron chi connectivity index (χ0n) is 18.0. The highest BCUT2D eigenvalue weighted by Crippen LogP contribution is 2.28. The van der Waals surface area contributed by atoms with Gasteiger partial charge in [-0.2, -0.15) is 0 Å². The van der Waals surface area contributed by atoms with Crippen molar-refractivity contribution in [3.63, 3.8) is 0 Å². The first-order valence-electron chi connectivity index (χ1n) is 10.5. The van der Waals surface area contributed by atoms with Crippen molar-refractivity contribution in [2.45, 2.75) is 25.4 Å². The van der Waals surface area contributed by atoms with Crippen LogP contribution in [0.25, 0.3) is 0 Å². The summed E-state index contributed by atoms with van der Waals surface area (Å²) in [6.45, 7) is 2.73. The van der Waals surface area contributed by atoms with E-state index in [2.05, 4.69) is 4.90 Å². The average Bonchev–Trinajstić information content (AvgIpc) is 3.34. The zero-order valence-corrected chi connectivity index (χ0v) is 18.0. The Morgan fingerprint density at radius 2 is 1.58 bits per heavy atom. The molecule has 6 nitrogen and oxygen atoms in total. The van der Waals surface area contributed by atoms with Crippen LogP contribution in [-0.4, -0.2) is 44.2 Å². The summed E-state index contributed by atoms with van der Waals surface area (Å²) in [5, 5.41) is 0. The van der Waals surface area contributed by atoms with Crippen LogP contribution in [-0.2, 0) is 6.54 Å². The van der Waals surface area contributed by atoms with E-state index in [1.165, 1.54) is 5.56 Å². The number of anilines is 1. The second-order valence-corrected chi connectivity index (χ2v) is 7.74. The van der Waals surface area contributed by atoms with Crippen LogP contribution in [0.4, 0.5) is 5.69 Å². The highest BCUT2D eigenvalue weighted by Gasteiger charge is 2.30. The summed E-state index contributed by atoms with van der Waals surface area (Å²) in [6.07, 6.45) is 5.32. The Morgan fingerprint density at radius 1 is 0.968 bits per heavy atom. The van der Waals surface area contributed by atoms with Gasteiger partial charge in [0.1, 0.15) is 11.5 Å². The van der Waals surface area contributed by atoms with Crippen LogP contribution in [0.2, 0.25) is 0 Å². The Morgan fingerprint density at radius 3 is 2.13 bits per heavy atom. The third kappa shape index (κ3) is 4.91. The smallest absolute Gasteiger partial charge is 0.258 e. The van der Waals surface area contributed by atoms with Crippen LogP contribution in [0.1, 0.15) is 28.8 Å². The van der Waals surface area contributed by atoms with E-state index in [0.717, 1.165) is 49.7 Å². The predicted molar refractivity (Wildman–Crippen MR) is 120 cm³/mol. The number of ether oxygens (including phenoxy) is 2. The molecular weight excluding hydrogens is 392 g/mol. The molecule has 162 valence electrons. The quantitative estimate of drug-likeness (QED) is 0.559. The number of rotatable bonds is 7. The molecule has 1 fully saturated rings. The maximum Gasteiger partial charge on any atom is 0.258 e. The summed E-state index contributed by atoms with van der Waals surface area (Å²) >= 11 is 0. The summed E-state index contributed by atoms with van der Waals surface area (Å²) < 4.78 is 15.7. The van der Waals surface area contributed by atoms with E-state index in [-0.39, 0.29) is 11.9 Å². The molecule has 0 bridgehead atoms. The molecule has 0 saturated carbocycles. The lowest BCUT2D eigenvalue weighted by molar-refractivity contribution is 0.0958. The van der Waals surface area contributed by atoms with E-state index in [0.29, 0.717) is 5.56 Å². The van der Waals surface area contributed by atoms with Gasteiger partial charge in [0, 0.05) is 42.5 Å². The minimum atomic E-state index is 0.00102. The molecule has 4 rings (SSSR count). The SMILES string of the molecule is COc1ccc(C(=O)N(c2ccc(OC)cc2)C2CCN(Cc3ccoc3)CC2)cc1. The molecule has 1 amide bonds. The maximum absolute atomic E-state index is 13.6. The van der Waals surface area contributed by atoms with Gasteiger partial charge in [-0.15, -0.1) is 0 Å². The number of furan rings is 1. The molecule has 0 radical (unpaired) electrons. The molecule has 0 N–H and O–H groups in total. The van der Waals surface area contributed by atoms with Crippen molar-refractivity contribution < 1.29 is 18.7 Å². The summed E-state index contributed by atoms with van der Waals surface area (Å²) in [6, 6.07) is 17.1. The Balaban J connectivity index is 1.54. The van der Waals surface area contributed by atoms with Crippen molar-refractivity contribution >= 4 is 11.6 Å². The number of piperidine rings is 1. The number of methoxy groups -OCH3 is 2. The monoisotopic (exact) mass is 420 g/mol. The average molecular weight is 421 g/mol. The van der Waals surface area contributed by atoms with Gasteiger partial charge in [-0.05, 0) is 67.4 Å². The van der Waals surface area contributed by atoms with Crippen molar-refractivity contribution in [3.05, 3.63) is 78.3 Å². The molecule has 3 aromatic rings. The minimum Gasteiger partial charge on any atom is -0.497 e. The first kappa shape index (κ1) is 21.0. The second kappa shape index (κ2) is 9.71. The van der Waals surface area contributed by atoms with Gasteiger partial charge >= 0.3 is 0 Å². The normalized spacial score (nSPS) is 14.9. The number of hydrogen-bond acceptors (Lipinski definition) is 5. The molecular formula is C25H28N2O4. The molecule has 1 aliphatic rings. The molecule has 0 atom stereocenters. The van der Waals surface area contributed by atoms with Crippen LogP contribution in [0.3, 0.4) is 0 Å². The zero-order chi connectivity index (χ0) is 21.6. The Bertz CT molecular complexity index is 960. The van der Waals surface area contributed by atoms with E-state index in [4.69, 9.17) is 13.9 Å². The van der Waals surface area contributed by atoms with Crippen molar-refractivity contribution in [3.8, 4) is 11.5 Å². The standard InChI is InChI=1S/C25H28N2O4/c1-29-23-7-3-20(4-8-23)25(28)27(21-5-9-24(30-2)10-6-21)22-11-14-26(15-12-22)17-19-13-16-31-18-19/h3-10,13,16,18,22H,11-12,14-15,17H2,1-2H3. The van der Waals surface area contributed by atoms with E-state index < -0.39 is 0 Å². The van der Waals surface area contributed by atoms with Gasteiger partial charge in [0.05, 0.1) is 26.7 Å². The molecule has 0 unspecified atom stereocenters. The van der Waals surface area contributed by atoms with Gasteiger partial charge in [0.15, 0.2) is 0 Å². The first-order chi connectivity index (χ1) is 15.2. The molecule has 0 spiro atoms. The van der Waals surface area contributed by atoms with Gasteiger partial charge in [0.25, 0.3) is 5.91 Å². The molecule has 1 aliphatic heterocycles. The number of amides is 1. The van der Waals surface area contributed by atoms with Gasteiger partial charge in [-0.25, -0.2) is 0 Å². The lowest BCUT2D eigenvalue weighted by Crippen LogP contribution is -2.47. The van der Waals surface area contributed by atoms with Crippen LogP contribution in [0.15, 0.2) is 71.5 Å². The first-order valence-corrected chi connectivity index (χ1v) is 10.5. The van der Waals surface area contributed by atoms with Gasteiger partial charge in [-0.1, -0.05) is 0 Å². The van der Waals surface area contributed by atoms with Gasteiger partial charge < -0.3 is 18.8 Å². The molecule has 2 aromatic carbocycles. The van der Waals surface area contributed by atoms with Gasteiger partial charge in [-0.3, -0.25) is 9.69 Å². The number of carbonyl (C=O) groups is 1. The fraction of sp³-hybridized carbons (Fsp3) is 0.320. The molecule has 2 heterocycles. The number of hydrogen-bond donors (Lipinski definition) is 0. The maximum atomic E-state index is 13.6. The minimum absolute atomic E-state index is 0.00102. The lowest BCUT2D eigenvalue weighted by atomic mass is 10.00. The molecule has 1 aromatic heterocycles. The van der Waals surface area contributed by atoms with E-state index >= 15 is 0 Å². The molecule has 31 heavy (non-hydrogen) atoms. The second-order valence-electron chi connectivity index (χ2n) is 7.74. The highest BCUT2D eigenvalue weighted by atomic mass is 16.5. The predicted octanol–water partition coefficient (Wildman–Crippen LogP) is 4.61. The number of benzene rings is 2. The van der Waals surface area contributed by atoms with Crippen LogP contribution in [0.5, 0.6) is 11.5 Å². The Hall–Kier alpha value is -3.25. The molecule has 1 saturated heterocycles. The Kier molecular flexibility index (Phi) is 6.57. The van der Waals surface area contributed by atoms with E-state index in [9.17, 15) is 4.79 Å². The van der Waals surface area contributed by atoms with E-state index in [1.54, 1.807) is 26.7 Å². The number of carbonyl (C=O) groups excluding carboxylic acids is 1. The van der Waals surface area contributed by atoms with Crippen LogP contribution >= 0.6 is 0 Å². The lowest BCUT2D eigenvalue weighted by Gasteiger charge is -2.38. The van der Waals surface area contributed by atoms with Crippen LogP contribution in [0, 0.1) is 0 Å². The molecule has 0 aliphatic carbocycles. The number of nitrogens with zero attached hydrogens (tertiary/aromatic N) is 2. The highest BCUT2D eigenvalue weighted by molar-refractivity contribution is 6.06.